The van der Waals surface area contributed by atoms with Crippen LogP contribution in [-0.4, -0.2) is 4.98 Å². The van der Waals surface area contributed by atoms with Gasteiger partial charge in [0, 0.05) is 10.4 Å². The van der Waals surface area contributed by atoms with Gasteiger partial charge < -0.3 is 0 Å². The van der Waals surface area contributed by atoms with Crippen LogP contribution in [0.4, 0.5) is 17.6 Å². The van der Waals surface area contributed by atoms with E-state index in [0.29, 0.717) is 17.0 Å². The van der Waals surface area contributed by atoms with Crippen LogP contribution in [0.15, 0.2) is 42.5 Å². The van der Waals surface area contributed by atoms with Crippen LogP contribution in [0.5, 0.6) is 0 Å². The minimum absolute atomic E-state index is 0.0208. The molecule has 3 rings (SSSR count). The minimum atomic E-state index is -4.37. The first-order valence-electron chi connectivity index (χ1n) is 10.1. The lowest BCUT2D eigenvalue weighted by molar-refractivity contribution is -0.137. The van der Waals surface area contributed by atoms with Gasteiger partial charge in [-0.3, -0.25) is 0 Å². The van der Waals surface area contributed by atoms with Gasteiger partial charge in [0.2, 0.25) is 0 Å². The number of unbranched alkanes of at least 4 members (excludes halogenated alkanes) is 1. The van der Waals surface area contributed by atoms with E-state index >= 15 is 0 Å². The van der Waals surface area contributed by atoms with Crippen LogP contribution in [0.25, 0.3) is 10.6 Å². The highest BCUT2D eigenvalue weighted by Crippen LogP contribution is 2.38. The van der Waals surface area contributed by atoms with Crippen LogP contribution in [0.2, 0.25) is 0 Å². The van der Waals surface area contributed by atoms with E-state index in [-0.39, 0.29) is 11.5 Å². The molecular formula is C24H22F4N2S. The number of nitriles is 1. The predicted molar refractivity (Wildman–Crippen MR) is 114 cm³/mol. The van der Waals surface area contributed by atoms with Gasteiger partial charge >= 0.3 is 6.18 Å². The molecule has 31 heavy (non-hydrogen) atoms. The second-order valence-electron chi connectivity index (χ2n) is 7.51. The Balaban J connectivity index is 1.89. The van der Waals surface area contributed by atoms with Crippen molar-refractivity contribution in [1.29, 1.82) is 5.26 Å². The molecule has 0 N–H and O–H groups in total. The summed E-state index contributed by atoms with van der Waals surface area (Å²) in [5.74, 6) is -0.409. The molecule has 0 aliphatic rings. The summed E-state index contributed by atoms with van der Waals surface area (Å²) in [5, 5.41) is 9.61. The lowest BCUT2D eigenvalue weighted by Gasteiger charge is -2.16. The fourth-order valence-electron chi connectivity index (χ4n) is 3.55. The van der Waals surface area contributed by atoms with Gasteiger partial charge in [-0.1, -0.05) is 38.0 Å². The third-order valence-corrected chi connectivity index (χ3v) is 6.57. The molecule has 0 spiro atoms. The summed E-state index contributed by atoms with van der Waals surface area (Å²) in [5.41, 5.74) is 1.63. The van der Waals surface area contributed by atoms with E-state index in [0.717, 1.165) is 47.5 Å². The Kier molecular flexibility index (Phi) is 7.11. The van der Waals surface area contributed by atoms with Crippen molar-refractivity contribution in [2.24, 2.45) is 0 Å². The second kappa shape index (κ2) is 9.61. The first-order valence-corrected chi connectivity index (χ1v) is 10.9. The quantitative estimate of drug-likeness (QED) is 0.349. The highest BCUT2D eigenvalue weighted by Gasteiger charge is 2.30. The van der Waals surface area contributed by atoms with Gasteiger partial charge in [0.25, 0.3) is 0 Å². The largest absolute Gasteiger partial charge is 0.416 e. The predicted octanol–water partition coefficient (Wildman–Crippen LogP) is 7.66. The molecule has 1 heterocycles. The number of aryl methyl sites for hydroxylation is 1. The van der Waals surface area contributed by atoms with E-state index in [1.807, 2.05) is 13.0 Å². The number of benzene rings is 2. The summed E-state index contributed by atoms with van der Waals surface area (Å²) >= 11 is 1.48. The molecule has 0 amide bonds. The van der Waals surface area contributed by atoms with E-state index in [4.69, 9.17) is 5.26 Å². The normalized spacial score (nSPS) is 12.5. The number of rotatable bonds is 7. The van der Waals surface area contributed by atoms with Crippen molar-refractivity contribution in [3.05, 3.63) is 75.5 Å². The van der Waals surface area contributed by atoms with Crippen LogP contribution < -0.4 is 0 Å². The fraction of sp³-hybridized carbons (Fsp3) is 0.333. The Morgan fingerprint density at radius 1 is 1.13 bits per heavy atom. The van der Waals surface area contributed by atoms with Gasteiger partial charge in [0.15, 0.2) is 0 Å². The Hall–Kier alpha value is -2.72. The molecule has 1 atom stereocenters. The van der Waals surface area contributed by atoms with Crippen molar-refractivity contribution in [3.8, 4) is 16.6 Å². The van der Waals surface area contributed by atoms with E-state index in [9.17, 15) is 17.6 Å². The van der Waals surface area contributed by atoms with Crippen LogP contribution in [0.3, 0.4) is 0 Å². The van der Waals surface area contributed by atoms with Crippen molar-refractivity contribution >= 4 is 11.3 Å². The highest BCUT2D eigenvalue weighted by atomic mass is 32.1. The first kappa shape index (κ1) is 23.0. The first-order chi connectivity index (χ1) is 14.7. The molecule has 3 aromatic rings. The Labute approximate surface area is 183 Å². The van der Waals surface area contributed by atoms with Crippen LogP contribution in [-0.2, 0) is 12.6 Å². The standard InChI is InChI=1S/C24H22F4N2S/c1-3-4-5-18(12-16-6-7-19(14-29)21(25)13-16)22-15(2)30-23(31-22)17-8-10-20(11-9-17)24(26,27)28/h6-11,13,18H,3-5,12H2,1-2H3. The van der Waals surface area contributed by atoms with Crippen LogP contribution in [0.1, 0.15) is 59.4 Å². The lowest BCUT2D eigenvalue weighted by Crippen LogP contribution is -2.04. The molecule has 2 nitrogen and oxygen atoms in total. The molecule has 0 bridgehead atoms. The number of nitrogens with zero attached hydrogens (tertiary/aromatic N) is 2. The highest BCUT2D eigenvalue weighted by molar-refractivity contribution is 7.15. The smallest absolute Gasteiger partial charge is 0.241 e. The Bertz CT molecular complexity index is 1080. The zero-order chi connectivity index (χ0) is 22.6. The van der Waals surface area contributed by atoms with Crippen LogP contribution >= 0.6 is 11.3 Å². The van der Waals surface area contributed by atoms with E-state index in [1.165, 1.54) is 35.6 Å². The van der Waals surface area contributed by atoms with Gasteiger partial charge in [-0.2, -0.15) is 18.4 Å². The van der Waals surface area contributed by atoms with Crippen molar-refractivity contribution in [2.75, 3.05) is 0 Å². The maximum atomic E-state index is 14.1. The maximum Gasteiger partial charge on any atom is 0.416 e. The van der Waals surface area contributed by atoms with Gasteiger partial charge in [-0.05, 0) is 55.5 Å². The molecule has 162 valence electrons. The topological polar surface area (TPSA) is 36.7 Å². The number of thiazole rings is 1. The summed E-state index contributed by atoms with van der Waals surface area (Å²) in [4.78, 5) is 5.67. The molecule has 1 unspecified atom stereocenters. The van der Waals surface area contributed by atoms with Gasteiger partial charge in [-0.25, -0.2) is 9.37 Å². The molecule has 1 aromatic heterocycles. The zero-order valence-electron chi connectivity index (χ0n) is 17.3. The molecule has 7 heteroatoms. The fourth-order valence-corrected chi connectivity index (χ4v) is 4.76. The molecule has 2 aromatic carbocycles. The summed E-state index contributed by atoms with van der Waals surface area (Å²) < 4.78 is 52.6. The minimum Gasteiger partial charge on any atom is -0.241 e. The second-order valence-corrected chi connectivity index (χ2v) is 8.54. The van der Waals surface area contributed by atoms with Crippen molar-refractivity contribution in [3.63, 3.8) is 0 Å². The van der Waals surface area contributed by atoms with Gasteiger partial charge in [-0.15, -0.1) is 11.3 Å². The lowest BCUT2D eigenvalue weighted by atomic mass is 9.91. The number of hydrogen-bond acceptors (Lipinski definition) is 3. The maximum absolute atomic E-state index is 14.1. The summed E-state index contributed by atoms with van der Waals surface area (Å²) in [6, 6.07) is 11.5. The molecular weight excluding hydrogens is 424 g/mol. The Morgan fingerprint density at radius 3 is 2.42 bits per heavy atom. The molecule has 0 aliphatic heterocycles. The number of alkyl halides is 3. The molecule has 0 saturated carbocycles. The van der Waals surface area contributed by atoms with E-state index in [2.05, 4.69) is 11.9 Å². The third kappa shape index (κ3) is 5.50. The van der Waals surface area contributed by atoms with Gasteiger partial charge in [0.1, 0.15) is 16.9 Å². The van der Waals surface area contributed by atoms with E-state index in [1.54, 1.807) is 6.07 Å². The monoisotopic (exact) mass is 446 g/mol. The molecule has 0 saturated heterocycles. The number of halogens is 4. The summed E-state index contributed by atoms with van der Waals surface area (Å²) in [6.07, 6.45) is -0.853. The summed E-state index contributed by atoms with van der Waals surface area (Å²) in [7, 11) is 0. The molecule has 0 aliphatic carbocycles. The van der Waals surface area contributed by atoms with Crippen molar-refractivity contribution < 1.29 is 17.6 Å². The molecule has 0 radical (unpaired) electrons. The third-order valence-electron chi connectivity index (χ3n) is 5.20. The number of aromatic nitrogens is 1. The van der Waals surface area contributed by atoms with Crippen LogP contribution in [0, 0.1) is 24.1 Å². The number of hydrogen-bond donors (Lipinski definition) is 0. The van der Waals surface area contributed by atoms with Crippen molar-refractivity contribution in [1.82, 2.24) is 4.98 Å². The van der Waals surface area contributed by atoms with E-state index < -0.39 is 17.6 Å². The average Bonchev–Trinajstić information content (AvgIpc) is 3.12. The average molecular weight is 447 g/mol. The Morgan fingerprint density at radius 2 is 1.84 bits per heavy atom. The molecule has 0 fully saturated rings. The zero-order valence-corrected chi connectivity index (χ0v) is 18.1. The van der Waals surface area contributed by atoms with Gasteiger partial charge in [0.05, 0.1) is 16.8 Å². The SMILES string of the molecule is CCCCC(Cc1ccc(C#N)c(F)c1)c1sc(-c2ccc(C(F)(F)F)cc2)nc1C. The van der Waals surface area contributed by atoms with Crippen molar-refractivity contribution in [2.45, 2.75) is 51.6 Å². The summed E-state index contributed by atoms with van der Waals surface area (Å²) in [6.45, 7) is 4.00.